The van der Waals surface area contributed by atoms with E-state index in [2.05, 4.69) is 67.8 Å². The number of hydrogen-bond acceptors (Lipinski definition) is 2. The molecule has 88 valence electrons. The summed E-state index contributed by atoms with van der Waals surface area (Å²) in [5.41, 5.74) is 2.42. The van der Waals surface area contributed by atoms with Crippen LogP contribution in [0.25, 0.3) is 6.08 Å². The smallest absolute Gasteiger partial charge is 0.0340 e. The zero-order valence-corrected chi connectivity index (χ0v) is 10.5. The second-order valence-corrected chi connectivity index (χ2v) is 3.86. The third kappa shape index (κ3) is 4.49. The Morgan fingerprint density at radius 2 is 1.81 bits per heavy atom. The molecule has 0 fully saturated rings. The van der Waals surface area contributed by atoms with Gasteiger partial charge in [0.15, 0.2) is 0 Å². The van der Waals surface area contributed by atoms with Crippen molar-refractivity contribution in [2.45, 2.75) is 26.8 Å². The largest absolute Gasteiger partial charge is 0.385 e. The molecule has 1 rings (SSSR count). The maximum Gasteiger partial charge on any atom is 0.0340 e. The zero-order valence-electron chi connectivity index (χ0n) is 10.5. The number of nitrogens with one attached hydrogen (secondary N) is 2. The molecule has 1 aromatic carbocycles. The van der Waals surface area contributed by atoms with Gasteiger partial charge in [-0.2, -0.15) is 0 Å². The normalized spacial score (nSPS) is 12.9. The molecule has 2 heteroatoms. The molecule has 0 heterocycles. The van der Waals surface area contributed by atoms with Gasteiger partial charge in [-0.1, -0.05) is 31.2 Å². The van der Waals surface area contributed by atoms with Gasteiger partial charge in [0.05, 0.1) is 0 Å². The summed E-state index contributed by atoms with van der Waals surface area (Å²) in [6.07, 6.45) is 4.34. The van der Waals surface area contributed by atoms with Gasteiger partial charge in [0.2, 0.25) is 0 Å². The summed E-state index contributed by atoms with van der Waals surface area (Å²) >= 11 is 0. The molecule has 16 heavy (non-hydrogen) atoms. The average Bonchev–Trinajstić information content (AvgIpc) is 2.29. The van der Waals surface area contributed by atoms with Gasteiger partial charge in [-0.3, -0.25) is 0 Å². The van der Waals surface area contributed by atoms with Crippen LogP contribution in [0.5, 0.6) is 0 Å². The van der Waals surface area contributed by atoms with E-state index in [0.29, 0.717) is 6.04 Å². The van der Waals surface area contributed by atoms with Crippen LogP contribution >= 0.6 is 0 Å². The molecule has 0 radical (unpaired) electrons. The maximum atomic E-state index is 3.35. The fraction of sp³-hybridized carbons (Fsp3) is 0.429. The van der Waals surface area contributed by atoms with E-state index in [1.54, 1.807) is 0 Å². The van der Waals surface area contributed by atoms with Gasteiger partial charge in [0.25, 0.3) is 0 Å². The molecule has 0 spiro atoms. The van der Waals surface area contributed by atoms with Crippen molar-refractivity contribution in [1.29, 1.82) is 0 Å². The summed E-state index contributed by atoms with van der Waals surface area (Å²) in [4.78, 5) is 0. The number of anilines is 1. The van der Waals surface area contributed by atoms with E-state index in [1.807, 2.05) is 0 Å². The lowest BCUT2D eigenvalue weighted by Gasteiger charge is -2.06. The molecule has 2 N–H and O–H groups in total. The first-order valence-corrected chi connectivity index (χ1v) is 6.01. The quantitative estimate of drug-likeness (QED) is 0.766. The van der Waals surface area contributed by atoms with Crippen LogP contribution in [-0.4, -0.2) is 19.1 Å². The predicted octanol–water partition coefficient (Wildman–Crippen LogP) is 3.13. The van der Waals surface area contributed by atoms with E-state index in [4.69, 9.17) is 0 Å². The predicted molar refractivity (Wildman–Crippen MR) is 72.8 cm³/mol. The Morgan fingerprint density at radius 1 is 1.12 bits per heavy atom. The lowest BCUT2D eigenvalue weighted by atomic mass is 10.1. The molecular formula is C14H22N2. The Kier molecular flexibility index (Phi) is 5.65. The molecule has 0 saturated heterocycles. The summed E-state index contributed by atoms with van der Waals surface area (Å²) in [7, 11) is 0. The fourth-order valence-electron chi connectivity index (χ4n) is 1.56. The Balaban J connectivity index is 2.54. The van der Waals surface area contributed by atoms with E-state index in [1.165, 1.54) is 11.3 Å². The van der Waals surface area contributed by atoms with Crippen LogP contribution in [-0.2, 0) is 0 Å². The lowest BCUT2D eigenvalue weighted by molar-refractivity contribution is 0.663. The third-order valence-electron chi connectivity index (χ3n) is 2.40. The van der Waals surface area contributed by atoms with E-state index in [9.17, 15) is 0 Å². The highest BCUT2D eigenvalue weighted by Crippen LogP contribution is 2.10. The van der Waals surface area contributed by atoms with Crippen molar-refractivity contribution < 1.29 is 0 Å². The van der Waals surface area contributed by atoms with Gasteiger partial charge < -0.3 is 10.6 Å². The van der Waals surface area contributed by atoms with Crippen molar-refractivity contribution in [2.24, 2.45) is 0 Å². The Bertz CT molecular complexity index is 314. The Labute approximate surface area is 98.8 Å². The summed E-state index contributed by atoms with van der Waals surface area (Å²) in [5, 5.41) is 6.63. The van der Waals surface area contributed by atoms with Crippen molar-refractivity contribution >= 4 is 11.8 Å². The van der Waals surface area contributed by atoms with Crippen molar-refractivity contribution in [3.63, 3.8) is 0 Å². The number of likely N-dealkylation sites (N-methyl/N-ethyl adjacent to an activating group) is 1. The van der Waals surface area contributed by atoms with Gasteiger partial charge in [-0.05, 0) is 38.1 Å². The van der Waals surface area contributed by atoms with Crippen molar-refractivity contribution in [3.05, 3.63) is 35.9 Å². The van der Waals surface area contributed by atoms with Crippen LogP contribution in [0.15, 0.2) is 30.3 Å². The van der Waals surface area contributed by atoms with Crippen LogP contribution in [0, 0.1) is 0 Å². The molecule has 0 saturated carbocycles. The molecule has 0 aliphatic heterocycles. The van der Waals surface area contributed by atoms with Crippen LogP contribution in [0.1, 0.15) is 26.3 Å². The van der Waals surface area contributed by atoms with E-state index >= 15 is 0 Å². The van der Waals surface area contributed by atoms with Crippen LogP contribution < -0.4 is 10.6 Å². The van der Waals surface area contributed by atoms with Gasteiger partial charge in [0.1, 0.15) is 0 Å². The third-order valence-corrected chi connectivity index (χ3v) is 2.40. The molecule has 1 unspecified atom stereocenters. The molecular weight excluding hydrogens is 196 g/mol. The van der Waals surface area contributed by atoms with Gasteiger partial charge >= 0.3 is 0 Å². The average molecular weight is 218 g/mol. The first-order valence-electron chi connectivity index (χ1n) is 6.01. The Hall–Kier alpha value is -1.28. The molecule has 0 aliphatic rings. The van der Waals surface area contributed by atoms with Gasteiger partial charge in [0, 0.05) is 18.3 Å². The topological polar surface area (TPSA) is 24.1 Å². The SMILES string of the molecule is CCNc1ccc(C=CC(C)NCC)cc1. The molecule has 1 aromatic rings. The zero-order chi connectivity index (χ0) is 11.8. The molecule has 0 amide bonds. The van der Waals surface area contributed by atoms with Crippen molar-refractivity contribution in [1.82, 2.24) is 5.32 Å². The second-order valence-electron chi connectivity index (χ2n) is 3.86. The number of benzene rings is 1. The molecule has 0 aromatic heterocycles. The van der Waals surface area contributed by atoms with Crippen LogP contribution in [0.4, 0.5) is 5.69 Å². The summed E-state index contributed by atoms with van der Waals surface area (Å²) < 4.78 is 0. The first-order chi connectivity index (χ1) is 7.76. The number of rotatable bonds is 6. The minimum atomic E-state index is 0.429. The highest BCUT2D eigenvalue weighted by Gasteiger charge is 1.93. The van der Waals surface area contributed by atoms with E-state index in [-0.39, 0.29) is 0 Å². The van der Waals surface area contributed by atoms with Gasteiger partial charge in [-0.25, -0.2) is 0 Å². The summed E-state index contributed by atoms with van der Waals surface area (Å²) in [6.45, 7) is 8.35. The van der Waals surface area contributed by atoms with Crippen LogP contribution in [0.3, 0.4) is 0 Å². The molecule has 2 nitrogen and oxygen atoms in total. The first kappa shape index (κ1) is 12.8. The van der Waals surface area contributed by atoms with Crippen LogP contribution in [0.2, 0.25) is 0 Å². The second kappa shape index (κ2) is 7.07. The Morgan fingerprint density at radius 3 is 2.38 bits per heavy atom. The molecule has 0 aliphatic carbocycles. The maximum absolute atomic E-state index is 3.35. The standard InChI is InChI=1S/C14H22N2/c1-4-15-12(3)6-7-13-8-10-14(11-9-13)16-5-2/h6-12,15-16H,4-5H2,1-3H3. The van der Waals surface area contributed by atoms with E-state index < -0.39 is 0 Å². The monoisotopic (exact) mass is 218 g/mol. The highest BCUT2D eigenvalue weighted by molar-refractivity contribution is 5.55. The van der Waals surface area contributed by atoms with Gasteiger partial charge in [-0.15, -0.1) is 0 Å². The van der Waals surface area contributed by atoms with Crippen molar-refractivity contribution in [2.75, 3.05) is 18.4 Å². The molecule has 1 atom stereocenters. The van der Waals surface area contributed by atoms with E-state index in [0.717, 1.165) is 13.1 Å². The fourth-order valence-corrected chi connectivity index (χ4v) is 1.56. The molecule has 0 bridgehead atoms. The summed E-state index contributed by atoms with van der Waals surface area (Å²) in [5.74, 6) is 0. The minimum absolute atomic E-state index is 0.429. The van der Waals surface area contributed by atoms with Crippen molar-refractivity contribution in [3.8, 4) is 0 Å². The minimum Gasteiger partial charge on any atom is -0.385 e. The lowest BCUT2D eigenvalue weighted by Crippen LogP contribution is -2.22. The highest BCUT2D eigenvalue weighted by atomic mass is 14.9. The summed E-state index contributed by atoms with van der Waals surface area (Å²) in [6, 6.07) is 8.92. The number of hydrogen-bond donors (Lipinski definition) is 2.